The Balaban J connectivity index is 1.55. The first-order valence-electron chi connectivity index (χ1n) is 9.41. The van der Waals surface area contributed by atoms with Gasteiger partial charge in [0.1, 0.15) is 0 Å². The van der Waals surface area contributed by atoms with Crippen molar-refractivity contribution in [1.29, 1.82) is 0 Å². The van der Waals surface area contributed by atoms with E-state index in [2.05, 4.69) is 17.4 Å². The Morgan fingerprint density at radius 2 is 2.07 bits per heavy atom. The molecule has 3 unspecified atom stereocenters. The van der Waals surface area contributed by atoms with E-state index in [0.29, 0.717) is 0 Å². The van der Waals surface area contributed by atoms with Crippen LogP contribution in [-0.2, 0) is 21.4 Å². The molecule has 0 heterocycles. The molecule has 2 aromatic carbocycles. The number of carboxylic acid groups (broad SMARTS) is 1. The summed E-state index contributed by atoms with van der Waals surface area (Å²) >= 11 is 0. The molecule has 0 aromatic heterocycles. The minimum absolute atomic E-state index is 0.0270. The molecule has 0 aliphatic heterocycles. The molecule has 2 N–H and O–H groups in total. The maximum absolute atomic E-state index is 14.0. The lowest BCUT2D eigenvalue weighted by Crippen LogP contribution is -2.36. The molecule has 2 aliphatic carbocycles. The van der Waals surface area contributed by atoms with E-state index in [4.69, 9.17) is 4.74 Å². The molecule has 2 aliphatic rings. The van der Waals surface area contributed by atoms with E-state index in [1.54, 1.807) is 0 Å². The van der Waals surface area contributed by atoms with Crippen molar-refractivity contribution in [2.75, 3.05) is 7.11 Å². The van der Waals surface area contributed by atoms with Crippen molar-refractivity contribution >= 4 is 11.9 Å². The summed E-state index contributed by atoms with van der Waals surface area (Å²) in [5, 5.41) is 12.2. The lowest BCUT2D eigenvalue weighted by atomic mass is 9.78. The van der Waals surface area contributed by atoms with Crippen molar-refractivity contribution in [3.63, 3.8) is 0 Å². The molecule has 3 atom stereocenters. The number of hydrogen-bond donors (Lipinski definition) is 2. The first-order chi connectivity index (χ1) is 13.5. The minimum Gasteiger partial charge on any atom is -0.494 e. The number of aryl methyl sites for hydroxylation is 1. The topological polar surface area (TPSA) is 75.6 Å². The number of amides is 1. The van der Waals surface area contributed by atoms with E-state index in [-0.39, 0.29) is 28.6 Å². The molecule has 1 saturated carbocycles. The quantitative estimate of drug-likeness (QED) is 0.830. The Hall–Kier alpha value is -2.89. The number of hydrogen-bond acceptors (Lipinski definition) is 3. The lowest BCUT2D eigenvalue weighted by Gasteiger charge is -2.26. The first kappa shape index (κ1) is 18.5. The van der Waals surface area contributed by atoms with E-state index in [1.807, 2.05) is 12.1 Å². The average Bonchev–Trinajstić information content (AvgIpc) is 3.40. The molecule has 1 spiro atoms. The van der Waals surface area contributed by atoms with Crippen LogP contribution in [0.15, 0.2) is 42.5 Å². The van der Waals surface area contributed by atoms with Gasteiger partial charge in [0.2, 0.25) is 5.91 Å². The number of carbonyl (C=O) groups is 2. The summed E-state index contributed by atoms with van der Waals surface area (Å²) in [6, 6.07) is 10.8. The van der Waals surface area contributed by atoms with Gasteiger partial charge >= 0.3 is 5.97 Å². The van der Waals surface area contributed by atoms with Crippen molar-refractivity contribution in [3.05, 3.63) is 65.0 Å². The third-order valence-electron chi connectivity index (χ3n) is 6.06. The molecule has 2 aromatic rings. The van der Waals surface area contributed by atoms with Crippen LogP contribution in [0.2, 0.25) is 0 Å². The van der Waals surface area contributed by atoms with Crippen molar-refractivity contribution in [1.82, 2.24) is 5.32 Å². The van der Waals surface area contributed by atoms with Gasteiger partial charge in [-0.05, 0) is 54.5 Å². The highest BCUT2D eigenvalue weighted by Gasteiger charge is 2.60. The molecule has 6 heteroatoms. The van der Waals surface area contributed by atoms with Crippen LogP contribution in [-0.4, -0.2) is 24.1 Å². The number of ether oxygens (including phenoxy) is 1. The van der Waals surface area contributed by atoms with Crippen LogP contribution < -0.4 is 10.1 Å². The number of rotatable bonds is 5. The van der Waals surface area contributed by atoms with E-state index >= 15 is 0 Å². The third-order valence-corrected chi connectivity index (χ3v) is 6.06. The molecule has 0 radical (unpaired) electrons. The van der Waals surface area contributed by atoms with Gasteiger partial charge in [-0.3, -0.25) is 4.79 Å². The van der Waals surface area contributed by atoms with E-state index in [1.165, 1.54) is 30.4 Å². The molecule has 5 nitrogen and oxygen atoms in total. The molecule has 4 rings (SSSR count). The van der Waals surface area contributed by atoms with Gasteiger partial charge < -0.3 is 15.2 Å². The highest BCUT2D eigenvalue weighted by Crippen LogP contribution is 2.60. The van der Waals surface area contributed by atoms with Gasteiger partial charge in [0.05, 0.1) is 7.11 Å². The van der Waals surface area contributed by atoms with Crippen molar-refractivity contribution in [2.45, 2.75) is 37.1 Å². The normalized spacial score (nSPS) is 23.6. The van der Waals surface area contributed by atoms with Gasteiger partial charge in [0.15, 0.2) is 17.6 Å². The number of fused-ring (bicyclic) bond motifs is 2. The van der Waals surface area contributed by atoms with Crippen LogP contribution in [0.4, 0.5) is 4.39 Å². The molecule has 0 bridgehead atoms. The number of halogens is 1. The predicted molar refractivity (Wildman–Crippen MR) is 101 cm³/mol. The molecule has 1 fully saturated rings. The van der Waals surface area contributed by atoms with Crippen LogP contribution in [0.3, 0.4) is 0 Å². The van der Waals surface area contributed by atoms with Crippen molar-refractivity contribution in [3.8, 4) is 5.75 Å². The van der Waals surface area contributed by atoms with Crippen LogP contribution in [0.25, 0.3) is 0 Å². The Labute approximate surface area is 162 Å². The van der Waals surface area contributed by atoms with Gasteiger partial charge in [-0.15, -0.1) is 0 Å². The summed E-state index contributed by atoms with van der Waals surface area (Å²) in [5.74, 6) is -2.40. The fraction of sp³-hybridized carbons (Fsp3) is 0.364. The third kappa shape index (κ3) is 3.03. The number of aliphatic carboxylic acids is 1. The molecule has 0 saturated heterocycles. The SMILES string of the molecule is COc1ccc(C(NC(=O)C2CC23CCCc2ccccc23)C(=O)O)cc1F. The second kappa shape index (κ2) is 6.93. The molecule has 1 amide bonds. The summed E-state index contributed by atoms with van der Waals surface area (Å²) in [6.45, 7) is 0. The highest BCUT2D eigenvalue weighted by molar-refractivity contribution is 5.89. The monoisotopic (exact) mass is 383 g/mol. The predicted octanol–water partition coefficient (Wildman–Crippen LogP) is 3.37. The zero-order valence-electron chi connectivity index (χ0n) is 15.6. The van der Waals surface area contributed by atoms with Crippen LogP contribution >= 0.6 is 0 Å². The second-order valence-electron chi connectivity index (χ2n) is 7.60. The number of methoxy groups -OCH3 is 1. The summed E-state index contributed by atoms with van der Waals surface area (Å²) in [5.41, 5.74) is 2.48. The van der Waals surface area contributed by atoms with Gasteiger partial charge in [-0.1, -0.05) is 30.3 Å². The van der Waals surface area contributed by atoms with Crippen LogP contribution in [0.5, 0.6) is 5.75 Å². The van der Waals surface area contributed by atoms with Gasteiger partial charge in [-0.25, -0.2) is 9.18 Å². The van der Waals surface area contributed by atoms with Crippen molar-refractivity contribution < 1.29 is 23.8 Å². The molecular weight excluding hydrogens is 361 g/mol. The Kier molecular flexibility index (Phi) is 4.57. The summed E-state index contributed by atoms with van der Waals surface area (Å²) in [6.07, 6.45) is 3.68. The first-order valence-corrected chi connectivity index (χ1v) is 9.41. The van der Waals surface area contributed by atoms with Gasteiger partial charge in [-0.2, -0.15) is 0 Å². The van der Waals surface area contributed by atoms with Crippen LogP contribution in [0.1, 0.15) is 42.0 Å². The fourth-order valence-corrected chi connectivity index (χ4v) is 4.57. The number of carbonyl (C=O) groups excluding carboxylic acids is 1. The maximum Gasteiger partial charge on any atom is 0.330 e. The van der Waals surface area contributed by atoms with Gasteiger partial charge in [0.25, 0.3) is 0 Å². The Morgan fingerprint density at radius 3 is 2.79 bits per heavy atom. The maximum atomic E-state index is 14.0. The second-order valence-corrected chi connectivity index (χ2v) is 7.60. The Morgan fingerprint density at radius 1 is 1.29 bits per heavy atom. The zero-order chi connectivity index (χ0) is 19.9. The number of carboxylic acids is 1. The minimum atomic E-state index is -1.30. The van der Waals surface area contributed by atoms with Crippen molar-refractivity contribution in [2.24, 2.45) is 5.92 Å². The van der Waals surface area contributed by atoms with E-state index < -0.39 is 17.8 Å². The summed E-state index contributed by atoms with van der Waals surface area (Å²) in [4.78, 5) is 24.6. The van der Waals surface area contributed by atoms with Crippen LogP contribution in [0, 0.1) is 11.7 Å². The molecule has 28 heavy (non-hydrogen) atoms. The van der Waals surface area contributed by atoms with E-state index in [9.17, 15) is 19.1 Å². The summed E-state index contributed by atoms with van der Waals surface area (Å²) < 4.78 is 18.9. The Bertz CT molecular complexity index is 944. The molecular formula is C22H22FNO4. The largest absolute Gasteiger partial charge is 0.494 e. The highest BCUT2D eigenvalue weighted by atomic mass is 19.1. The van der Waals surface area contributed by atoms with Gasteiger partial charge in [0, 0.05) is 11.3 Å². The lowest BCUT2D eigenvalue weighted by molar-refractivity contribution is -0.142. The number of benzene rings is 2. The number of nitrogens with one attached hydrogen (secondary N) is 1. The fourth-order valence-electron chi connectivity index (χ4n) is 4.57. The molecule has 146 valence electrons. The standard InChI is InChI=1S/C22H22FNO4/c1-28-18-9-8-14(11-17(18)23)19(21(26)27)24-20(25)16-12-22(16)10-4-6-13-5-2-3-7-15(13)22/h2-3,5,7-9,11,16,19H,4,6,10,12H2,1H3,(H,24,25)(H,26,27). The van der Waals surface area contributed by atoms with E-state index in [0.717, 1.165) is 31.7 Å². The zero-order valence-corrected chi connectivity index (χ0v) is 15.6. The smallest absolute Gasteiger partial charge is 0.330 e. The average molecular weight is 383 g/mol. The summed E-state index contributed by atoms with van der Waals surface area (Å²) in [7, 11) is 1.34.